The summed E-state index contributed by atoms with van der Waals surface area (Å²) in [5, 5.41) is 12.6. The maximum Gasteiger partial charge on any atom is 0.122 e. The third-order valence-electron chi connectivity index (χ3n) is 5.89. The molecule has 1 atom stereocenters. The van der Waals surface area contributed by atoms with Gasteiger partial charge in [0.25, 0.3) is 0 Å². The zero-order chi connectivity index (χ0) is 20.5. The fourth-order valence-electron chi connectivity index (χ4n) is 4.10. The maximum atomic E-state index is 12.0. The van der Waals surface area contributed by atoms with E-state index in [1.54, 1.807) is 13.3 Å². The monoisotopic (exact) mass is 403 g/mol. The molecule has 28 heavy (non-hydrogen) atoms. The lowest BCUT2D eigenvalue weighted by Gasteiger charge is -2.49. The van der Waals surface area contributed by atoms with Gasteiger partial charge in [0.05, 0.1) is 0 Å². The Morgan fingerprint density at radius 2 is 1.96 bits per heavy atom. The molecule has 3 nitrogen and oxygen atoms in total. The molecule has 1 fully saturated rings. The second kappa shape index (κ2) is 10.9. The largest absolute Gasteiger partial charge is 0.382 e. The van der Waals surface area contributed by atoms with Gasteiger partial charge in [-0.15, -0.1) is 0 Å². The van der Waals surface area contributed by atoms with Crippen molar-refractivity contribution in [2.75, 3.05) is 7.11 Å². The van der Waals surface area contributed by atoms with Crippen LogP contribution >= 0.6 is 11.6 Å². The number of aliphatic hydroxyl groups is 1. The lowest BCUT2D eigenvalue weighted by Crippen LogP contribution is -2.56. The molecule has 1 unspecified atom stereocenters. The highest BCUT2D eigenvalue weighted by Gasteiger charge is 2.52. The maximum absolute atomic E-state index is 12.0. The normalized spacial score (nSPS) is 19.1. The topological polar surface area (TPSA) is 41.8 Å². The van der Waals surface area contributed by atoms with Crippen molar-refractivity contribution in [3.63, 3.8) is 0 Å². The van der Waals surface area contributed by atoms with Crippen molar-refractivity contribution in [3.05, 3.63) is 53.7 Å². The molecule has 1 aromatic rings. The number of unbranched alkanes of at least 4 members (excludes halogenated alkanes) is 2. The fraction of sp³-hybridized carbons (Fsp3) is 0.542. The molecule has 0 radical (unpaired) electrons. The van der Waals surface area contributed by atoms with E-state index in [2.05, 4.69) is 18.5 Å². The number of aliphatic imine (C=N–C) groups is 1. The molecule has 1 aliphatic carbocycles. The van der Waals surface area contributed by atoms with Crippen LogP contribution in [0.3, 0.4) is 0 Å². The van der Waals surface area contributed by atoms with Gasteiger partial charge in [0.1, 0.15) is 11.2 Å². The molecule has 2 rings (SSSR count). The molecule has 0 heterocycles. The summed E-state index contributed by atoms with van der Waals surface area (Å²) in [5.74, 6) is 0. The average molecular weight is 404 g/mol. The number of benzene rings is 1. The van der Waals surface area contributed by atoms with E-state index in [1.807, 2.05) is 36.6 Å². The highest BCUT2D eigenvalue weighted by molar-refractivity contribution is 6.30. The molecule has 154 valence electrons. The molecule has 0 amide bonds. The Morgan fingerprint density at radius 1 is 1.29 bits per heavy atom. The van der Waals surface area contributed by atoms with E-state index in [1.165, 1.54) is 6.42 Å². The first kappa shape index (κ1) is 22.9. The van der Waals surface area contributed by atoms with Gasteiger partial charge in [0, 0.05) is 31.0 Å². The lowest BCUT2D eigenvalue weighted by atomic mass is 9.66. The number of nitrogens with zero attached hydrogens (tertiary/aromatic N) is 1. The van der Waals surface area contributed by atoms with Gasteiger partial charge in [0.2, 0.25) is 0 Å². The van der Waals surface area contributed by atoms with Crippen molar-refractivity contribution in [1.29, 1.82) is 0 Å². The van der Waals surface area contributed by atoms with Crippen LogP contribution in [0.25, 0.3) is 5.57 Å². The Bertz CT molecular complexity index is 674. The number of methoxy groups -OCH3 is 1. The van der Waals surface area contributed by atoms with Crippen molar-refractivity contribution >= 4 is 23.4 Å². The Kier molecular flexibility index (Phi) is 8.94. The van der Waals surface area contributed by atoms with Crippen LogP contribution in [-0.2, 0) is 4.74 Å². The van der Waals surface area contributed by atoms with Crippen LogP contribution < -0.4 is 0 Å². The Hall–Kier alpha value is -1.42. The van der Waals surface area contributed by atoms with Crippen LogP contribution in [0.1, 0.15) is 70.3 Å². The molecule has 1 N–H and O–H groups in total. The van der Waals surface area contributed by atoms with E-state index in [9.17, 15) is 5.11 Å². The SMILES string of the molecule is C=C(c1ccc(Cl)cc1)C(O)(C/C=C/N=CCCCC)C1(OC)CCCCC1. The van der Waals surface area contributed by atoms with E-state index in [0.29, 0.717) is 17.0 Å². The lowest BCUT2D eigenvalue weighted by molar-refractivity contribution is -0.155. The number of rotatable bonds is 10. The van der Waals surface area contributed by atoms with Crippen molar-refractivity contribution in [2.45, 2.75) is 75.9 Å². The zero-order valence-corrected chi connectivity index (χ0v) is 18.0. The number of ether oxygens (including phenoxy) is 1. The van der Waals surface area contributed by atoms with Crippen LogP contribution in [0.4, 0.5) is 0 Å². The Morgan fingerprint density at radius 3 is 2.57 bits per heavy atom. The molecular formula is C24H34ClNO2. The van der Waals surface area contributed by atoms with E-state index in [0.717, 1.165) is 50.5 Å². The second-order valence-corrected chi connectivity index (χ2v) is 8.10. The summed E-state index contributed by atoms with van der Waals surface area (Å²) < 4.78 is 6.01. The van der Waals surface area contributed by atoms with Crippen LogP contribution in [0.15, 0.2) is 48.1 Å². The highest BCUT2D eigenvalue weighted by atomic mass is 35.5. The van der Waals surface area contributed by atoms with E-state index >= 15 is 0 Å². The second-order valence-electron chi connectivity index (χ2n) is 7.67. The number of hydrogen-bond donors (Lipinski definition) is 1. The third kappa shape index (κ3) is 5.34. The highest BCUT2D eigenvalue weighted by Crippen LogP contribution is 2.47. The van der Waals surface area contributed by atoms with Gasteiger partial charge in [-0.1, -0.05) is 69.0 Å². The van der Waals surface area contributed by atoms with Gasteiger partial charge in [-0.2, -0.15) is 0 Å². The summed E-state index contributed by atoms with van der Waals surface area (Å²) in [6.45, 7) is 6.46. The molecule has 4 heteroatoms. The predicted octanol–water partition coefficient (Wildman–Crippen LogP) is 6.60. The Labute approximate surface area is 175 Å². The minimum absolute atomic E-state index is 0.410. The molecule has 0 saturated heterocycles. The predicted molar refractivity (Wildman–Crippen MR) is 120 cm³/mol. The van der Waals surface area contributed by atoms with Gasteiger partial charge in [-0.3, -0.25) is 4.99 Å². The number of halogens is 1. The van der Waals surface area contributed by atoms with Crippen LogP contribution in [0.2, 0.25) is 5.02 Å². The summed E-state index contributed by atoms with van der Waals surface area (Å²) >= 11 is 6.04. The first-order chi connectivity index (χ1) is 13.5. The molecule has 1 saturated carbocycles. The molecule has 0 spiro atoms. The van der Waals surface area contributed by atoms with E-state index in [-0.39, 0.29) is 0 Å². The standard InChI is InChI=1S/C24H34ClNO2/c1-4-5-9-18-26-19-10-17-24(27,23(28-3)15-7-6-8-16-23)20(2)21-11-13-22(25)14-12-21/h10-14,18-19,27H,2,4-9,15-17H2,1,3H3/b19-10+,26-18?. The van der Waals surface area contributed by atoms with Crippen molar-refractivity contribution in [1.82, 2.24) is 0 Å². The summed E-state index contributed by atoms with van der Waals surface area (Å²) in [7, 11) is 1.71. The minimum atomic E-state index is -1.20. The van der Waals surface area contributed by atoms with Crippen molar-refractivity contribution in [3.8, 4) is 0 Å². The zero-order valence-electron chi connectivity index (χ0n) is 17.3. The van der Waals surface area contributed by atoms with Gasteiger partial charge < -0.3 is 9.84 Å². The molecule has 0 aromatic heterocycles. The molecule has 0 aliphatic heterocycles. The Balaban J connectivity index is 2.28. The fourth-order valence-corrected chi connectivity index (χ4v) is 4.22. The summed E-state index contributed by atoms with van der Waals surface area (Å²) in [4.78, 5) is 4.34. The molecule has 0 bridgehead atoms. The van der Waals surface area contributed by atoms with Gasteiger partial charge >= 0.3 is 0 Å². The van der Waals surface area contributed by atoms with Gasteiger partial charge in [-0.25, -0.2) is 0 Å². The molecule has 1 aliphatic rings. The quantitative estimate of drug-likeness (QED) is 0.353. The summed E-state index contributed by atoms with van der Waals surface area (Å²) in [5.41, 5.74) is -0.287. The van der Waals surface area contributed by atoms with Crippen LogP contribution in [0, 0.1) is 0 Å². The van der Waals surface area contributed by atoms with Crippen LogP contribution in [0.5, 0.6) is 0 Å². The van der Waals surface area contributed by atoms with Crippen LogP contribution in [-0.4, -0.2) is 29.6 Å². The van der Waals surface area contributed by atoms with Gasteiger partial charge in [-0.05, 0) is 49.0 Å². The summed E-state index contributed by atoms with van der Waals surface area (Å²) in [6.07, 6.45) is 14.2. The average Bonchev–Trinajstić information content (AvgIpc) is 2.73. The summed E-state index contributed by atoms with van der Waals surface area (Å²) in [6, 6.07) is 7.48. The third-order valence-corrected chi connectivity index (χ3v) is 6.15. The smallest absolute Gasteiger partial charge is 0.122 e. The van der Waals surface area contributed by atoms with Gasteiger partial charge in [0.15, 0.2) is 0 Å². The van der Waals surface area contributed by atoms with Crippen molar-refractivity contribution < 1.29 is 9.84 Å². The van der Waals surface area contributed by atoms with E-state index < -0.39 is 11.2 Å². The first-order valence-corrected chi connectivity index (χ1v) is 10.8. The first-order valence-electron chi connectivity index (χ1n) is 10.4. The molecular weight excluding hydrogens is 370 g/mol. The number of hydrogen-bond acceptors (Lipinski definition) is 3. The van der Waals surface area contributed by atoms with E-state index in [4.69, 9.17) is 16.3 Å². The van der Waals surface area contributed by atoms with Crippen molar-refractivity contribution in [2.24, 2.45) is 4.99 Å². The minimum Gasteiger partial charge on any atom is -0.382 e. The molecule has 1 aromatic carbocycles.